The van der Waals surface area contributed by atoms with Crippen LogP contribution in [0.3, 0.4) is 0 Å². The Labute approximate surface area is 146 Å². The van der Waals surface area contributed by atoms with Gasteiger partial charge in [-0.3, -0.25) is 9.59 Å². The average molecular weight is 340 g/mol. The van der Waals surface area contributed by atoms with Gasteiger partial charge in [0.05, 0.1) is 19.2 Å². The molecule has 2 N–H and O–H groups in total. The smallest absolute Gasteiger partial charge is 0.337 e. The molecule has 0 aromatic heterocycles. The first-order valence-electron chi connectivity index (χ1n) is 7.78. The Morgan fingerprint density at radius 3 is 2.32 bits per heavy atom. The van der Waals surface area contributed by atoms with Crippen LogP contribution < -0.4 is 10.6 Å². The van der Waals surface area contributed by atoms with Crippen molar-refractivity contribution < 1.29 is 19.1 Å². The van der Waals surface area contributed by atoms with Crippen molar-refractivity contribution in [3.05, 3.63) is 70.8 Å². The van der Waals surface area contributed by atoms with Crippen molar-refractivity contribution in [3.63, 3.8) is 0 Å². The van der Waals surface area contributed by atoms with Crippen LogP contribution in [0.25, 0.3) is 0 Å². The molecule has 0 aliphatic carbocycles. The number of aryl methyl sites for hydroxylation is 1. The van der Waals surface area contributed by atoms with Gasteiger partial charge in [-0.1, -0.05) is 29.8 Å². The lowest BCUT2D eigenvalue weighted by Crippen LogP contribution is -2.36. The van der Waals surface area contributed by atoms with Crippen LogP contribution in [-0.2, 0) is 16.1 Å². The van der Waals surface area contributed by atoms with Gasteiger partial charge in [-0.25, -0.2) is 4.79 Å². The van der Waals surface area contributed by atoms with Crippen LogP contribution in [0.1, 0.15) is 31.8 Å². The van der Waals surface area contributed by atoms with E-state index in [9.17, 15) is 14.4 Å². The number of amides is 2. The number of benzene rings is 2. The molecule has 0 heterocycles. The van der Waals surface area contributed by atoms with E-state index >= 15 is 0 Å². The molecule has 6 nitrogen and oxygen atoms in total. The summed E-state index contributed by atoms with van der Waals surface area (Å²) in [4.78, 5) is 35.2. The van der Waals surface area contributed by atoms with Gasteiger partial charge in [0.1, 0.15) is 0 Å². The summed E-state index contributed by atoms with van der Waals surface area (Å²) in [5, 5.41) is 5.29. The minimum absolute atomic E-state index is 0.104. The summed E-state index contributed by atoms with van der Waals surface area (Å²) in [6.07, 6.45) is 0. The number of ether oxygens (including phenoxy) is 1. The Kier molecular flexibility index (Phi) is 6.28. The van der Waals surface area contributed by atoms with Gasteiger partial charge in [-0.05, 0) is 36.8 Å². The summed E-state index contributed by atoms with van der Waals surface area (Å²) >= 11 is 0. The third kappa shape index (κ3) is 5.46. The second-order valence-electron chi connectivity index (χ2n) is 5.52. The second kappa shape index (κ2) is 8.63. The summed E-state index contributed by atoms with van der Waals surface area (Å²) in [5.74, 6) is -0.992. The van der Waals surface area contributed by atoms with Crippen molar-refractivity contribution >= 4 is 17.8 Å². The minimum Gasteiger partial charge on any atom is -0.465 e. The average Bonchev–Trinajstić information content (AvgIpc) is 2.64. The molecule has 0 radical (unpaired) electrons. The van der Waals surface area contributed by atoms with Gasteiger partial charge in [0.15, 0.2) is 0 Å². The number of carbonyl (C=O) groups excluding carboxylic acids is 3. The van der Waals surface area contributed by atoms with E-state index in [0.717, 1.165) is 11.1 Å². The lowest BCUT2D eigenvalue weighted by molar-refractivity contribution is -0.120. The van der Waals surface area contributed by atoms with Gasteiger partial charge >= 0.3 is 5.97 Å². The van der Waals surface area contributed by atoms with Crippen LogP contribution in [0.2, 0.25) is 0 Å². The Hall–Kier alpha value is -3.15. The van der Waals surface area contributed by atoms with E-state index in [1.807, 2.05) is 13.0 Å². The van der Waals surface area contributed by atoms with Crippen molar-refractivity contribution in [1.82, 2.24) is 10.6 Å². The lowest BCUT2D eigenvalue weighted by Gasteiger charge is -2.08. The molecular weight excluding hydrogens is 320 g/mol. The number of hydrogen-bond donors (Lipinski definition) is 2. The van der Waals surface area contributed by atoms with E-state index in [4.69, 9.17) is 0 Å². The van der Waals surface area contributed by atoms with Gasteiger partial charge in [-0.2, -0.15) is 0 Å². The molecule has 2 amide bonds. The molecule has 0 atom stereocenters. The fourth-order valence-electron chi connectivity index (χ4n) is 2.19. The van der Waals surface area contributed by atoms with Crippen molar-refractivity contribution in [2.24, 2.45) is 0 Å². The third-order valence-electron chi connectivity index (χ3n) is 3.55. The highest BCUT2D eigenvalue weighted by Crippen LogP contribution is 2.06. The third-order valence-corrected chi connectivity index (χ3v) is 3.55. The van der Waals surface area contributed by atoms with Crippen molar-refractivity contribution in [1.29, 1.82) is 0 Å². The van der Waals surface area contributed by atoms with E-state index in [1.165, 1.54) is 7.11 Å². The first-order chi connectivity index (χ1) is 12.0. The number of methoxy groups -OCH3 is 1. The molecule has 0 aliphatic rings. The number of carbonyl (C=O) groups is 3. The SMILES string of the molecule is COC(=O)c1ccc(CNC(=O)CNC(=O)c2cccc(C)c2)cc1. The number of esters is 1. The summed E-state index contributed by atoms with van der Waals surface area (Å²) in [6.45, 7) is 2.10. The summed E-state index contributed by atoms with van der Waals surface area (Å²) in [7, 11) is 1.32. The first-order valence-corrected chi connectivity index (χ1v) is 7.78. The Morgan fingerprint density at radius 1 is 0.960 bits per heavy atom. The van der Waals surface area contributed by atoms with Gasteiger partial charge in [0.2, 0.25) is 5.91 Å². The molecule has 2 rings (SSSR count). The summed E-state index contributed by atoms with van der Waals surface area (Å²) < 4.78 is 4.62. The maximum absolute atomic E-state index is 12.0. The molecule has 0 saturated heterocycles. The summed E-state index contributed by atoms with van der Waals surface area (Å²) in [6, 6.07) is 13.9. The highest BCUT2D eigenvalue weighted by atomic mass is 16.5. The van der Waals surface area contributed by atoms with Crippen LogP contribution in [0.15, 0.2) is 48.5 Å². The molecular formula is C19H20N2O4. The molecule has 6 heteroatoms. The second-order valence-corrected chi connectivity index (χ2v) is 5.52. The van der Waals surface area contributed by atoms with Crippen molar-refractivity contribution in [2.45, 2.75) is 13.5 Å². The fourth-order valence-corrected chi connectivity index (χ4v) is 2.19. The van der Waals surface area contributed by atoms with E-state index in [2.05, 4.69) is 15.4 Å². The van der Waals surface area contributed by atoms with Gasteiger partial charge in [0, 0.05) is 12.1 Å². The Bertz CT molecular complexity index is 769. The molecule has 2 aromatic carbocycles. The topological polar surface area (TPSA) is 84.5 Å². The number of hydrogen-bond acceptors (Lipinski definition) is 4. The first kappa shape index (κ1) is 18.2. The highest BCUT2D eigenvalue weighted by molar-refractivity contribution is 5.96. The molecule has 0 unspecified atom stereocenters. The molecule has 0 bridgehead atoms. The van der Waals surface area contributed by atoms with Crippen LogP contribution in [-0.4, -0.2) is 31.4 Å². The minimum atomic E-state index is -0.408. The van der Waals surface area contributed by atoms with Gasteiger partial charge in [0.25, 0.3) is 5.91 Å². The molecule has 130 valence electrons. The van der Waals surface area contributed by atoms with Crippen LogP contribution in [0, 0.1) is 6.92 Å². The normalized spacial score (nSPS) is 10.0. The quantitative estimate of drug-likeness (QED) is 0.786. The number of rotatable bonds is 6. The number of nitrogens with one attached hydrogen (secondary N) is 2. The Morgan fingerprint density at radius 2 is 1.68 bits per heavy atom. The van der Waals surface area contributed by atoms with Crippen LogP contribution in [0.5, 0.6) is 0 Å². The van der Waals surface area contributed by atoms with Crippen molar-refractivity contribution in [2.75, 3.05) is 13.7 Å². The summed E-state index contributed by atoms with van der Waals surface area (Å²) in [5.41, 5.74) is 2.78. The maximum Gasteiger partial charge on any atom is 0.337 e. The molecule has 0 aliphatic heterocycles. The Balaban J connectivity index is 1.79. The van der Waals surface area contributed by atoms with E-state index in [-0.39, 0.29) is 18.4 Å². The standard InChI is InChI=1S/C19H20N2O4/c1-13-4-3-5-16(10-13)18(23)21-12-17(22)20-11-14-6-8-15(9-7-14)19(24)25-2/h3-10H,11-12H2,1-2H3,(H,20,22)(H,21,23). The van der Waals surface area contributed by atoms with Gasteiger partial charge < -0.3 is 15.4 Å². The molecule has 2 aromatic rings. The van der Waals surface area contributed by atoms with E-state index in [1.54, 1.807) is 42.5 Å². The highest BCUT2D eigenvalue weighted by Gasteiger charge is 2.08. The predicted molar refractivity (Wildman–Crippen MR) is 93.1 cm³/mol. The van der Waals surface area contributed by atoms with Crippen LogP contribution >= 0.6 is 0 Å². The largest absolute Gasteiger partial charge is 0.465 e. The molecule has 0 fully saturated rings. The van der Waals surface area contributed by atoms with Crippen molar-refractivity contribution in [3.8, 4) is 0 Å². The zero-order valence-corrected chi connectivity index (χ0v) is 14.2. The van der Waals surface area contributed by atoms with Gasteiger partial charge in [-0.15, -0.1) is 0 Å². The lowest BCUT2D eigenvalue weighted by atomic mass is 10.1. The van der Waals surface area contributed by atoms with Crippen LogP contribution in [0.4, 0.5) is 0 Å². The zero-order chi connectivity index (χ0) is 18.2. The monoisotopic (exact) mass is 340 g/mol. The molecule has 0 saturated carbocycles. The van der Waals surface area contributed by atoms with E-state index in [0.29, 0.717) is 17.7 Å². The fraction of sp³-hybridized carbons (Fsp3) is 0.211. The molecule has 25 heavy (non-hydrogen) atoms. The van der Waals surface area contributed by atoms with E-state index < -0.39 is 5.97 Å². The molecule has 0 spiro atoms. The maximum atomic E-state index is 12.0. The predicted octanol–water partition coefficient (Wildman–Crippen LogP) is 1.83. The zero-order valence-electron chi connectivity index (χ0n) is 14.2.